The highest BCUT2D eigenvalue weighted by Crippen LogP contribution is 2.34. The number of benzene rings is 1. The van der Waals surface area contributed by atoms with E-state index in [1.54, 1.807) is 17.5 Å². The van der Waals surface area contributed by atoms with Crippen LogP contribution in [-0.2, 0) is 9.53 Å². The van der Waals surface area contributed by atoms with Crippen LogP contribution in [-0.4, -0.2) is 31.7 Å². The summed E-state index contributed by atoms with van der Waals surface area (Å²) < 4.78 is 16.2. The van der Waals surface area contributed by atoms with Crippen molar-refractivity contribution in [3.05, 3.63) is 46.2 Å². The van der Waals surface area contributed by atoms with Crippen LogP contribution < -0.4 is 14.8 Å². The van der Waals surface area contributed by atoms with Crippen LogP contribution in [0.1, 0.15) is 35.1 Å². The van der Waals surface area contributed by atoms with Gasteiger partial charge in [0.05, 0.1) is 6.04 Å². The summed E-state index contributed by atoms with van der Waals surface area (Å²) in [7, 11) is 0. The van der Waals surface area contributed by atoms with E-state index in [1.807, 2.05) is 32.0 Å². The Morgan fingerprint density at radius 1 is 1.19 bits per heavy atom. The minimum Gasteiger partial charge on any atom is -0.486 e. The number of hydrogen-bond donors (Lipinski definition) is 1. The summed E-state index contributed by atoms with van der Waals surface area (Å²) in [5, 5.41) is 4.72. The summed E-state index contributed by atoms with van der Waals surface area (Å²) in [5.41, 5.74) is 0.919. The van der Waals surface area contributed by atoms with E-state index in [0.29, 0.717) is 29.6 Å². The van der Waals surface area contributed by atoms with Crippen molar-refractivity contribution in [3.8, 4) is 11.5 Å². The maximum atomic E-state index is 12.3. The lowest BCUT2D eigenvalue weighted by Crippen LogP contribution is -2.35. The molecule has 1 atom stereocenters. The van der Waals surface area contributed by atoms with Gasteiger partial charge in [0, 0.05) is 0 Å². The van der Waals surface area contributed by atoms with Gasteiger partial charge in [-0.15, -0.1) is 11.3 Å². The van der Waals surface area contributed by atoms with Crippen LogP contribution in [0.4, 0.5) is 0 Å². The average molecular weight is 375 g/mol. The van der Waals surface area contributed by atoms with Gasteiger partial charge in [-0.1, -0.05) is 26.0 Å². The van der Waals surface area contributed by atoms with Crippen molar-refractivity contribution in [2.75, 3.05) is 19.8 Å². The second kappa shape index (κ2) is 8.23. The van der Waals surface area contributed by atoms with Crippen molar-refractivity contribution in [1.29, 1.82) is 0 Å². The Kier molecular flexibility index (Phi) is 5.78. The van der Waals surface area contributed by atoms with Gasteiger partial charge in [0.15, 0.2) is 18.1 Å². The van der Waals surface area contributed by atoms with E-state index in [-0.39, 0.29) is 24.5 Å². The van der Waals surface area contributed by atoms with Gasteiger partial charge < -0.3 is 19.5 Å². The zero-order valence-corrected chi connectivity index (χ0v) is 15.5. The quantitative estimate of drug-likeness (QED) is 0.785. The third-order valence-corrected chi connectivity index (χ3v) is 4.82. The van der Waals surface area contributed by atoms with Crippen LogP contribution in [0.5, 0.6) is 11.5 Å². The monoisotopic (exact) mass is 375 g/mol. The Morgan fingerprint density at radius 3 is 2.65 bits per heavy atom. The number of carbonyl (C=O) groups is 2. The third kappa shape index (κ3) is 4.35. The first-order valence-electron chi connectivity index (χ1n) is 8.44. The molecule has 1 aromatic heterocycles. The van der Waals surface area contributed by atoms with Crippen LogP contribution in [0, 0.1) is 5.92 Å². The molecular weight excluding hydrogens is 354 g/mol. The maximum absolute atomic E-state index is 12.3. The molecule has 1 amide bonds. The molecule has 0 spiro atoms. The molecule has 0 saturated heterocycles. The highest BCUT2D eigenvalue weighted by Gasteiger charge is 2.22. The zero-order chi connectivity index (χ0) is 18.5. The van der Waals surface area contributed by atoms with Crippen LogP contribution in [0.3, 0.4) is 0 Å². The Hall–Kier alpha value is -2.54. The lowest BCUT2D eigenvalue weighted by atomic mass is 9.95. The van der Waals surface area contributed by atoms with Gasteiger partial charge in [0.2, 0.25) is 0 Å². The molecule has 3 rings (SSSR count). The molecule has 6 nitrogen and oxygen atoms in total. The smallest absolute Gasteiger partial charge is 0.348 e. The Morgan fingerprint density at radius 2 is 1.96 bits per heavy atom. The molecule has 2 heterocycles. The number of ether oxygens (including phenoxy) is 3. The number of rotatable bonds is 6. The van der Waals surface area contributed by atoms with E-state index in [0.717, 1.165) is 5.56 Å². The number of nitrogens with one attached hydrogen (secondary N) is 1. The van der Waals surface area contributed by atoms with E-state index in [2.05, 4.69) is 5.32 Å². The molecule has 138 valence electrons. The summed E-state index contributed by atoms with van der Waals surface area (Å²) in [4.78, 5) is 24.6. The first kappa shape index (κ1) is 18.3. The van der Waals surface area contributed by atoms with Gasteiger partial charge in [-0.05, 0) is 35.1 Å². The van der Waals surface area contributed by atoms with Gasteiger partial charge in [-0.3, -0.25) is 4.79 Å². The van der Waals surface area contributed by atoms with Gasteiger partial charge in [-0.2, -0.15) is 0 Å². The lowest BCUT2D eigenvalue weighted by molar-refractivity contribution is -0.125. The largest absolute Gasteiger partial charge is 0.486 e. The van der Waals surface area contributed by atoms with Gasteiger partial charge in [0.25, 0.3) is 5.91 Å². The minimum absolute atomic E-state index is 0.148. The highest BCUT2D eigenvalue weighted by molar-refractivity contribution is 7.11. The van der Waals surface area contributed by atoms with Crippen LogP contribution in [0.2, 0.25) is 0 Å². The summed E-state index contributed by atoms with van der Waals surface area (Å²) in [6, 6.07) is 8.85. The first-order chi connectivity index (χ1) is 12.5. The molecule has 0 bridgehead atoms. The minimum atomic E-state index is -0.490. The van der Waals surface area contributed by atoms with Crippen molar-refractivity contribution in [1.82, 2.24) is 5.32 Å². The Bertz CT molecular complexity index is 772. The van der Waals surface area contributed by atoms with Crippen LogP contribution in [0.15, 0.2) is 35.7 Å². The Balaban J connectivity index is 1.63. The summed E-state index contributed by atoms with van der Waals surface area (Å²) in [6.07, 6.45) is 0. The molecule has 26 heavy (non-hydrogen) atoms. The van der Waals surface area contributed by atoms with Crippen molar-refractivity contribution >= 4 is 23.2 Å². The normalized spacial score (nSPS) is 14.0. The predicted molar refractivity (Wildman–Crippen MR) is 97.8 cm³/mol. The number of esters is 1. The molecular formula is C19H21NO5S. The number of thiophene rings is 1. The average Bonchev–Trinajstić information content (AvgIpc) is 3.18. The maximum Gasteiger partial charge on any atom is 0.348 e. The summed E-state index contributed by atoms with van der Waals surface area (Å²) in [6.45, 7) is 4.75. The van der Waals surface area contributed by atoms with Crippen LogP contribution >= 0.6 is 11.3 Å². The Labute approximate surface area is 156 Å². The fourth-order valence-corrected chi connectivity index (χ4v) is 3.32. The van der Waals surface area contributed by atoms with Crippen molar-refractivity contribution in [2.24, 2.45) is 5.92 Å². The molecule has 1 aliphatic heterocycles. The van der Waals surface area contributed by atoms with E-state index in [1.165, 1.54) is 11.3 Å². The van der Waals surface area contributed by atoms with Gasteiger partial charge >= 0.3 is 5.97 Å². The highest BCUT2D eigenvalue weighted by atomic mass is 32.1. The molecule has 0 aliphatic carbocycles. The fourth-order valence-electron chi connectivity index (χ4n) is 2.70. The van der Waals surface area contributed by atoms with Crippen LogP contribution in [0.25, 0.3) is 0 Å². The first-order valence-corrected chi connectivity index (χ1v) is 9.32. The topological polar surface area (TPSA) is 73.9 Å². The molecule has 2 aromatic rings. The molecule has 0 saturated carbocycles. The molecule has 1 aliphatic rings. The second-order valence-electron chi connectivity index (χ2n) is 6.25. The number of amides is 1. The number of hydrogen-bond acceptors (Lipinski definition) is 6. The van der Waals surface area contributed by atoms with Crippen molar-refractivity contribution in [3.63, 3.8) is 0 Å². The number of fused-ring (bicyclic) bond motifs is 1. The van der Waals surface area contributed by atoms with Crippen molar-refractivity contribution in [2.45, 2.75) is 19.9 Å². The lowest BCUT2D eigenvalue weighted by Gasteiger charge is -2.25. The third-order valence-electron chi connectivity index (χ3n) is 3.97. The van der Waals surface area contributed by atoms with Gasteiger partial charge in [0.1, 0.15) is 18.1 Å². The van der Waals surface area contributed by atoms with E-state index >= 15 is 0 Å². The molecule has 1 aromatic carbocycles. The predicted octanol–water partition coefficient (Wildman–Crippen LogP) is 3.19. The molecule has 0 fully saturated rings. The number of carbonyl (C=O) groups excluding carboxylic acids is 2. The molecule has 1 N–H and O–H groups in total. The molecule has 0 unspecified atom stereocenters. The standard InChI is InChI=1S/C19H21NO5S/c1-12(2)18(13-5-6-14-15(10-13)24-8-7-23-14)20-17(21)11-25-19(22)16-4-3-9-26-16/h3-6,9-10,12,18H,7-8,11H2,1-2H3,(H,20,21)/t18-/m1/s1. The van der Waals surface area contributed by atoms with Crippen molar-refractivity contribution < 1.29 is 23.8 Å². The zero-order valence-electron chi connectivity index (χ0n) is 14.7. The summed E-state index contributed by atoms with van der Waals surface area (Å²) >= 11 is 1.28. The second-order valence-corrected chi connectivity index (χ2v) is 7.19. The van der Waals surface area contributed by atoms with E-state index in [9.17, 15) is 9.59 Å². The van der Waals surface area contributed by atoms with E-state index < -0.39 is 5.97 Å². The molecule has 7 heteroatoms. The van der Waals surface area contributed by atoms with Gasteiger partial charge in [-0.25, -0.2) is 4.79 Å². The summed E-state index contributed by atoms with van der Waals surface area (Å²) in [5.74, 6) is 0.699. The molecule has 0 radical (unpaired) electrons. The van der Waals surface area contributed by atoms with E-state index in [4.69, 9.17) is 14.2 Å². The SMILES string of the molecule is CC(C)[C@@H](NC(=O)COC(=O)c1cccs1)c1ccc2c(c1)OCCO2. The fraction of sp³-hybridized carbons (Fsp3) is 0.368.